The molecule has 6 heteroatoms. The minimum atomic E-state index is -0.336. The van der Waals surface area contributed by atoms with Crippen LogP contribution < -0.4 is 5.32 Å². The second-order valence-electron chi connectivity index (χ2n) is 5.71. The van der Waals surface area contributed by atoms with Gasteiger partial charge >= 0.3 is 0 Å². The first-order valence-corrected chi connectivity index (χ1v) is 7.90. The van der Waals surface area contributed by atoms with Crippen molar-refractivity contribution in [2.75, 3.05) is 33.5 Å². The highest BCUT2D eigenvalue weighted by Gasteiger charge is 2.42. The Bertz CT molecular complexity index is 356. The lowest BCUT2D eigenvalue weighted by molar-refractivity contribution is -0.141. The number of amides is 2. The number of likely N-dealkylation sites (tertiary alicyclic amines) is 1. The van der Waals surface area contributed by atoms with Crippen LogP contribution in [0.4, 0.5) is 0 Å². The van der Waals surface area contributed by atoms with Gasteiger partial charge in [-0.15, -0.1) is 0 Å². The van der Waals surface area contributed by atoms with E-state index >= 15 is 0 Å². The number of carbonyl (C=O) groups is 2. The highest BCUT2D eigenvalue weighted by molar-refractivity contribution is 6.05. The van der Waals surface area contributed by atoms with Gasteiger partial charge in [0.2, 0.25) is 11.8 Å². The third kappa shape index (κ3) is 4.49. The number of hydrogen-bond acceptors (Lipinski definition) is 5. The van der Waals surface area contributed by atoms with Gasteiger partial charge in [0.15, 0.2) is 0 Å². The molecule has 2 fully saturated rings. The number of imide groups is 1. The van der Waals surface area contributed by atoms with Crippen molar-refractivity contribution in [1.82, 2.24) is 10.2 Å². The molecule has 1 saturated carbocycles. The van der Waals surface area contributed by atoms with Gasteiger partial charge in [0, 0.05) is 19.8 Å². The third-order valence-electron chi connectivity index (χ3n) is 4.16. The molecule has 2 aliphatic rings. The van der Waals surface area contributed by atoms with Gasteiger partial charge in [0.1, 0.15) is 0 Å². The Labute approximate surface area is 126 Å². The summed E-state index contributed by atoms with van der Waals surface area (Å²) in [7, 11) is 1.64. The van der Waals surface area contributed by atoms with Crippen molar-refractivity contribution >= 4 is 11.8 Å². The zero-order valence-electron chi connectivity index (χ0n) is 12.8. The Kier molecular flexibility index (Phi) is 6.60. The van der Waals surface area contributed by atoms with E-state index in [-0.39, 0.29) is 23.9 Å². The van der Waals surface area contributed by atoms with Gasteiger partial charge in [-0.2, -0.15) is 0 Å². The molecule has 0 bridgehead atoms. The van der Waals surface area contributed by atoms with E-state index < -0.39 is 0 Å². The van der Waals surface area contributed by atoms with Crippen molar-refractivity contribution in [3.05, 3.63) is 0 Å². The summed E-state index contributed by atoms with van der Waals surface area (Å²) in [5, 5.41) is 3.18. The summed E-state index contributed by atoms with van der Waals surface area (Å²) in [6.45, 7) is 2.51. The lowest BCUT2D eigenvalue weighted by Gasteiger charge is -2.22. The number of nitrogens with one attached hydrogen (secondary N) is 1. The van der Waals surface area contributed by atoms with Crippen molar-refractivity contribution in [2.24, 2.45) is 0 Å². The van der Waals surface area contributed by atoms with Crippen molar-refractivity contribution in [3.8, 4) is 0 Å². The number of hydrogen-bond donors (Lipinski definition) is 1. The van der Waals surface area contributed by atoms with Crippen LogP contribution in [0, 0.1) is 0 Å². The first-order valence-electron chi connectivity index (χ1n) is 7.90. The van der Waals surface area contributed by atoms with Gasteiger partial charge in [0.05, 0.1) is 25.7 Å². The van der Waals surface area contributed by atoms with Crippen LogP contribution in [0.25, 0.3) is 0 Å². The highest BCUT2D eigenvalue weighted by atomic mass is 16.5. The number of rotatable bonds is 9. The summed E-state index contributed by atoms with van der Waals surface area (Å²) in [6.07, 6.45) is 5.32. The minimum Gasteiger partial charge on any atom is -0.382 e. The second-order valence-corrected chi connectivity index (χ2v) is 5.71. The summed E-state index contributed by atoms with van der Waals surface area (Å²) in [4.78, 5) is 25.8. The first kappa shape index (κ1) is 16.4. The van der Waals surface area contributed by atoms with Crippen molar-refractivity contribution < 1.29 is 19.1 Å². The molecule has 1 saturated heterocycles. The quantitative estimate of drug-likeness (QED) is 0.501. The fourth-order valence-electron chi connectivity index (χ4n) is 3.05. The van der Waals surface area contributed by atoms with E-state index in [0.717, 1.165) is 32.1 Å². The van der Waals surface area contributed by atoms with Gasteiger partial charge in [-0.05, 0) is 25.8 Å². The Hall–Kier alpha value is -0.980. The van der Waals surface area contributed by atoms with Gasteiger partial charge in [-0.3, -0.25) is 14.5 Å². The average Bonchev–Trinajstić information content (AvgIpc) is 3.07. The summed E-state index contributed by atoms with van der Waals surface area (Å²) in [5.41, 5.74) is 0. The first-order chi connectivity index (χ1) is 10.2. The van der Waals surface area contributed by atoms with Gasteiger partial charge in [0.25, 0.3) is 0 Å². The topological polar surface area (TPSA) is 67.9 Å². The fourth-order valence-corrected chi connectivity index (χ4v) is 3.05. The van der Waals surface area contributed by atoms with E-state index in [0.29, 0.717) is 32.8 Å². The molecule has 0 radical (unpaired) electrons. The Morgan fingerprint density at radius 1 is 1.19 bits per heavy atom. The van der Waals surface area contributed by atoms with Crippen LogP contribution in [0.3, 0.4) is 0 Å². The van der Waals surface area contributed by atoms with Crippen molar-refractivity contribution in [2.45, 2.75) is 50.6 Å². The average molecular weight is 298 g/mol. The number of carbonyl (C=O) groups excluding carboxylic acids is 2. The van der Waals surface area contributed by atoms with Crippen LogP contribution in [0.15, 0.2) is 0 Å². The monoisotopic (exact) mass is 298 g/mol. The highest BCUT2D eigenvalue weighted by Crippen LogP contribution is 2.28. The lowest BCUT2D eigenvalue weighted by Crippen LogP contribution is -2.43. The molecule has 1 heterocycles. The zero-order chi connectivity index (χ0) is 15.1. The molecule has 0 aromatic heterocycles. The largest absolute Gasteiger partial charge is 0.382 e. The summed E-state index contributed by atoms with van der Waals surface area (Å²) in [6, 6.07) is -0.189. The lowest BCUT2D eigenvalue weighted by atomic mass is 10.2. The molecule has 0 aromatic rings. The predicted molar refractivity (Wildman–Crippen MR) is 77.8 cm³/mol. The summed E-state index contributed by atoms with van der Waals surface area (Å²) < 4.78 is 10.2. The smallest absolute Gasteiger partial charge is 0.247 e. The van der Waals surface area contributed by atoms with Crippen LogP contribution in [0.1, 0.15) is 38.5 Å². The molecular weight excluding hydrogens is 272 g/mol. The molecule has 2 rings (SSSR count). The van der Waals surface area contributed by atoms with Gasteiger partial charge < -0.3 is 14.8 Å². The van der Waals surface area contributed by atoms with E-state index in [2.05, 4.69) is 5.32 Å². The van der Waals surface area contributed by atoms with Crippen LogP contribution in [-0.4, -0.2) is 62.3 Å². The molecule has 21 heavy (non-hydrogen) atoms. The molecule has 1 aliphatic carbocycles. The molecule has 1 N–H and O–H groups in total. The molecule has 120 valence electrons. The zero-order valence-corrected chi connectivity index (χ0v) is 12.8. The second kappa shape index (κ2) is 8.46. The third-order valence-corrected chi connectivity index (χ3v) is 4.16. The SMILES string of the molecule is COCCOCCCNC1CC(=O)N(C2CCCC2)C1=O. The molecule has 0 spiro atoms. The van der Waals surface area contributed by atoms with Gasteiger partial charge in [-0.1, -0.05) is 12.8 Å². The maximum Gasteiger partial charge on any atom is 0.247 e. The standard InChI is InChI=1S/C15H26N2O4/c1-20-9-10-21-8-4-7-16-13-11-14(18)17(15(13)19)12-5-2-3-6-12/h12-13,16H,2-11H2,1H3. The number of methoxy groups -OCH3 is 1. The molecule has 1 unspecified atom stereocenters. The Balaban J connectivity index is 1.65. The summed E-state index contributed by atoms with van der Waals surface area (Å²) in [5.74, 6) is -0.0482. The van der Waals surface area contributed by atoms with Crippen LogP contribution in [-0.2, 0) is 19.1 Å². The number of ether oxygens (including phenoxy) is 2. The molecule has 1 atom stereocenters. The number of nitrogens with zero attached hydrogens (tertiary/aromatic N) is 1. The Morgan fingerprint density at radius 3 is 2.67 bits per heavy atom. The van der Waals surface area contributed by atoms with Crippen LogP contribution >= 0.6 is 0 Å². The normalized spacial score (nSPS) is 23.5. The maximum atomic E-state index is 12.3. The van der Waals surface area contributed by atoms with E-state index in [4.69, 9.17) is 9.47 Å². The van der Waals surface area contributed by atoms with Crippen molar-refractivity contribution in [3.63, 3.8) is 0 Å². The molecule has 2 amide bonds. The maximum absolute atomic E-state index is 12.3. The predicted octanol–water partition coefficient (Wildman–Crippen LogP) is 0.699. The van der Waals surface area contributed by atoms with Crippen LogP contribution in [0.2, 0.25) is 0 Å². The van der Waals surface area contributed by atoms with E-state index in [9.17, 15) is 9.59 Å². The minimum absolute atomic E-state index is 0.0132. The van der Waals surface area contributed by atoms with Crippen LogP contribution in [0.5, 0.6) is 0 Å². The molecule has 6 nitrogen and oxygen atoms in total. The van der Waals surface area contributed by atoms with E-state index in [1.165, 1.54) is 4.90 Å². The fraction of sp³-hybridized carbons (Fsp3) is 0.867. The van der Waals surface area contributed by atoms with E-state index in [1.807, 2.05) is 0 Å². The van der Waals surface area contributed by atoms with E-state index in [1.54, 1.807) is 7.11 Å². The summed E-state index contributed by atoms with van der Waals surface area (Å²) >= 11 is 0. The molecule has 0 aromatic carbocycles. The Morgan fingerprint density at radius 2 is 1.95 bits per heavy atom. The van der Waals surface area contributed by atoms with Crippen molar-refractivity contribution in [1.29, 1.82) is 0 Å². The molecule has 1 aliphatic heterocycles. The van der Waals surface area contributed by atoms with Gasteiger partial charge in [-0.25, -0.2) is 0 Å². The molecular formula is C15H26N2O4.